The topological polar surface area (TPSA) is 77.2 Å². The number of carboxylic acids is 1. The van der Waals surface area contributed by atoms with Crippen molar-refractivity contribution in [3.05, 3.63) is 24.0 Å². The zero-order valence-electron chi connectivity index (χ0n) is 11.1. The number of aromatic nitrogens is 1. The highest BCUT2D eigenvalue weighted by molar-refractivity contribution is 5.77. The Morgan fingerprint density at radius 2 is 2.32 bits per heavy atom. The Morgan fingerprint density at radius 1 is 1.58 bits per heavy atom. The minimum Gasteiger partial charge on any atom is -0.481 e. The minimum atomic E-state index is -0.730. The van der Waals surface area contributed by atoms with Crippen LogP contribution in [-0.4, -0.2) is 29.1 Å². The number of anilines is 1. The second-order valence-electron chi connectivity index (χ2n) is 5.30. The van der Waals surface area contributed by atoms with Gasteiger partial charge in [0.05, 0.1) is 17.3 Å². The van der Waals surface area contributed by atoms with Gasteiger partial charge in [-0.05, 0) is 24.5 Å². The van der Waals surface area contributed by atoms with Gasteiger partial charge in [-0.15, -0.1) is 0 Å². The standard InChI is InChI=1S/C14H17N3O2/c1-10(2)14(13(18)19)5-6-17(9-14)12-4-3-11(7-15)16-8-12/h3-4,8,10H,5-6,9H2,1-2H3,(H,18,19). The Bertz CT molecular complexity index is 518. The predicted octanol–water partition coefficient (Wildman–Crippen LogP) is 1.89. The van der Waals surface area contributed by atoms with Gasteiger partial charge in [0, 0.05) is 13.1 Å². The fourth-order valence-electron chi connectivity index (χ4n) is 2.59. The van der Waals surface area contributed by atoms with Crippen molar-refractivity contribution in [3.63, 3.8) is 0 Å². The van der Waals surface area contributed by atoms with E-state index in [4.69, 9.17) is 5.26 Å². The summed E-state index contributed by atoms with van der Waals surface area (Å²) < 4.78 is 0. The summed E-state index contributed by atoms with van der Waals surface area (Å²) in [4.78, 5) is 17.6. The van der Waals surface area contributed by atoms with Crippen LogP contribution in [-0.2, 0) is 4.79 Å². The number of nitriles is 1. The number of hydrogen-bond donors (Lipinski definition) is 1. The molecule has 0 radical (unpaired) electrons. The molecule has 1 aromatic heterocycles. The van der Waals surface area contributed by atoms with Crippen molar-refractivity contribution in [1.29, 1.82) is 5.26 Å². The Balaban J connectivity index is 2.21. The second-order valence-corrected chi connectivity index (χ2v) is 5.30. The normalized spacial score (nSPS) is 22.5. The molecule has 0 bridgehead atoms. The van der Waals surface area contributed by atoms with Gasteiger partial charge in [0.15, 0.2) is 0 Å². The summed E-state index contributed by atoms with van der Waals surface area (Å²) in [6.07, 6.45) is 2.27. The molecule has 1 N–H and O–H groups in total. The highest BCUT2D eigenvalue weighted by Gasteiger charge is 2.47. The first-order chi connectivity index (χ1) is 8.99. The number of carboxylic acid groups (broad SMARTS) is 1. The third-order valence-electron chi connectivity index (χ3n) is 4.06. The zero-order valence-corrected chi connectivity index (χ0v) is 11.1. The van der Waals surface area contributed by atoms with Crippen molar-refractivity contribution in [2.75, 3.05) is 18.0 Å². The minimum absolute atomic E-state index is 0.0846. The molecule has 0 aliphatic carbocycles. The van der Waals surface area contributed by atoms with Gasteiger partial charge in [0.25, 0.3) is 0 Å². The molecule has 5 nitrogen and oxygen atoms in total. The molecule has 1 aliphatic rings. The molecule has 1 saturated heterocycles. The van der Waals surface area contributed by atoms with E-state index in [0.717, 1.165) is 5.69 Å². The molecular formula is C14H17N3O2. The van der Waals surface area contributed by atoms with Gasteiger partial charge in [-0.25, -0.2) is 4.98 Å². The van der Waals surface area contributed by atoms with Crippen molar-refractivity contribution in [2.24, 2.45) is 11.3 Å². The maximum absolute atomic E-state index is 11.6. The number of rotatable bonds is 3. The summed E-state index contributed by atoms with van der Waals surface area (Å²) in [5, 5.41) is 18.2. The SMILES string of the molecule is CC(C)C1(C(=O)O)CCN(c2ccc(C#N)nc2)C1. The number of pyridine rings is 1. The second kappa shape index (κ2) is 4.88. The van der Waals surface area contributed by atoms with Crippen LogP contribution in [0, 0.1) is 22.7 Å². The molecule has 1 fully saturated rings. The van der Waals surface area contributed by atoms with E-state index in [2.05, 4.69) is 4.98 Å². The van der Waals surface area contributed by atoms with E-state index >= 15 is 0 Å². The number of hydrogen-bond acceptors (Lipinski definition) is 4. The summed E-state index contributed by atoms with van der Waals surface area (Å²) in [7, 11) is 0. The summed E-state index contributed by atoms with van der Waals surface area (Å²) in [6.45, 7) is 5.11. The van der Waals surface area contributed by atoms with Crippen LogP contribution in [0.5, 0.6) is 0 Å². The first kappa shape index (κ1) is 13.3. The molecule has 1 aromatic rings. The lowest BCUT2D eigenvalue weighted by Crippen LogP contribution is -2.39. The Morgan fingerprint density at radius 3 is 2.74 bits per heavy atom. The molecule has 0 saturated carbocycles. The molecular weight excluding hydrogens is 242 g/mol. The fourth-order valence-corrected chi connectivity index (χ4v) is 2.59. The average molecular weight is 259 g/mol. The number of carbonyl (C=O) groups is 1. The molecule has 0 aromatic carbocycles. The van der Waals surface area contributed by atoms with Crippen molar-refractivity contribution >= 4 is 11.7 Å². The first-order valence-electron chi connectivity index (χ1n) is 6.34. The van der Waals surface area contributed by atoms with E-state index in [1.807, 2.05) is 30.9 Å². The zero-order chi connectivity index (χ0) is 14.0. The van der Waals surface area contributed by atoms with Gasteiger partial charge in [-0.1, -0.05) is 13.8 Å². The van der Waals surface area contributed by atoms with Crippen LogP contribution in [0.1, 0.15) is 26.0 Å². The van der Waals surface area contributed by atoms with Crippen LogP contribution in [0.4, 0.5) is 5.69 Å². The van der Waals surface area contributed by atoms with Crippen LogP contribution in [0.15, 0.2) is 18.3 Å². The molecule has 0 amide bonds. The number of aliphatic carboxylic acids is 1. The fraction of sp³-hybridized carbons (Fsp3) is 0.500. The van der Waals surface area contributed by atoms with E-state index < -0.39 is 11.4 Å². The highest BCUT2D eigenvalue weighted by atomic mass is 16.4. The van der Waals surface area contributed by atoms with Crippen LogP contribution < -0.4 is 4.90 Å². The van der Waals surface area contributed by atoms with Gasteiger partial charge >= 0.3 is 5.97 Å². The molecule has 19 heavy (non-hydrogen) atoms. The van der Waals surface area contributed by atoms with Crippen LogP contribution in [0.25, 0.3) is 0 Å². The van der Waals surface area contributed by atoms with Gasteiger partial charge in [-0.2, -0.15) is 5.26 Å². The molecule has 2 heterocycles. The lowest BCUT2D eigenvalue weighted by Gasteiger charge is -2.29. The molecule has 1 aliphatic heterocycles. The highest BCUT2D eigenvalue weighted by Crippen LogP contribution is 2.39. The Labute approximate surface area is 112 Å². The maximum Gasteiger partial charge on any atom is 0.311 e. The maximum atomic E-state index is 11.6. The molecule has 1 unspecified atom stereocenters. The summed E-state index contributed by atoms with van der Waals surface area (Å²) >= 11 is 0. The van der Waals surface area contributed by atoms with Gasteiger partial charge < -0.3 is 10.0 Å². The summed E-state index contributed by atoms with van der Waals surface area (Å²) in [5.74, 6) is -0.645. The van der Waals surface area contributed by atoms with Gasteiger partial charge in [0.2, 0.25) is 0 Å². The van der Waals surface area contributed by atoms with Crippen molar-refractivity contribution < 1.29 is 9.90 Å². The molecule has 5 heteroatoms. The third kappa shape index (κ3) is 2.26. The summed E-state index contributed by atoms with van der Waals surface area (Å²) in [5.41, 5.74) is 0.563. The van der Waals surface area contributed by atoms with E-state index in [-0.39, 0.29) is 5.92 Å². The average Bonchev–Trinajstić information content (AvgIpc) is 2.85. The molecule has 1 atom stereocenters. The van der Waals surface area contributed by atoms with E-state index in [1.54, 1.807) is 12.3 Å². The van der Waals surface area contributed by atoms with Gasteiger partial charge in [-0.3, -0.25) is 4.79 Å². The Hall–Kier alpha value is -2.09. The van der Waals surface area contributed by atoms with E-state index in [9.17, 15) is 9.90 Å². The predicted molar refractivity (Wildman–Crippen MR) is 70.7 cm³/mol. The van der Waals surface area contributed by atoms with Crippen molar-refractivity contribution in [1.82, 2.24) is 4.98 Å². The summed E-state index contributed by atoms with van der Waals surface area (Å²) in [6, 6.07) is 5.46. The van der Waals surface area contributed by atoms with Crippen molar-refractivity contribution in [3.8, 4) is 6.07 Å². The molecule has 2 rings (SSSR count). The number of nitrogens with zero attached hydrogens (tertiary/aromatic N) is 3. The lowest BCUT2D eigenvalue weighted by molar-refractivity contribution is -0.150. The first-order valence-corrected chi connectivity index (χ1v) is 6.34. The Kier molecular flexibility index (Phi) is 3.43. The van der Waals surface area contributed by atoms with Crippen LogP contribution in [0.3, 0.4) is 0 Å². The third-order valence-corrected chi connectivity index (χ3v) is 4.06. The molecule has 0 spiro atoms. The largest absolute Gasteiger partial charge is 0.481 e. The van der Waals surface area contributed by atoms with Crippen LogP contribution in [0.2, 0.25) is 0 Å². The van der Waals surface area contributed by atoms with E-state index in [1.165, 1.54) is 0 Å². The van der Waals surface area contributed by atoms with Gasteiger partial charge in [0.1, 0.15) is 11.8 Å². The van der Waals surface area contributed by atoms with E-state index in [0.29, 0.717) is 25.2 Å². The smallest absolute Gasteiger partial charge is 0.311 e. The molecule has 100 valence electrons. The van der Waals surface area contributed by atoms with Crippen molar-refractivity contribution in [2.45, 2.75) is 20.3 Å². The quantitative estimate of drug-likeness (QED) is 0.897. The monoisotopic (exact) mass is 259 g/mol. The van der Waals surface area contributed by atoms with Crippen LogP contribution >= 0.6 is 0 Å². The lowest BCUT2D eigenvalue weighted by atomic mass is 9.76.